The number of nitrogens with two attached hydrogens (primary N) is 1. The van der Waals surface area contributed by atoms with Gasteiger partial charge in [-0.2, -0.15) is 0 Å². The Kier molecular flexibility index (Phi) is 6.94. The molecule has 1 atom stereocenters. The molecule has 0 fully saturated rings. The molecular formula is C12H22N4O2S2. The summed E-state index contributed by atoms with van der Waals surface area (Å²) in [7, 11) is 1.05. The Hall–Kier alpha value is -1.15. The molecule has 0 spiro atoms. The van der Waals surface area contributed by atoms with Crippen molar-refractivity contribution < 1.29 is 9.00 Å². The van der Waals surface area contributed by atoms with Gasteiger partial charge in [-0.1, -0.05) is 25.2 Å². The summed E-state index contributed by atoms with van der Waals surface area (Å²) in [4.78, 5) is 18.6. The molecule has 1 unspecified atom stereocenters. The highest BCUT2D eigenvalue weighted by Crippen LogP contribution is 2.27. The third kappa shape index (κ3) is 4.75. The topological polar surface area (TPSA) is 88.3 Å². The first-order valence-electron chi connectivity index (χ1n) is 6.60. The summed E-state index contributed by atoms with van der Waals surface area (Å²) in [6.45, 7) is 5.18. The summed E-state index contributed by atoms with van der Waals surface area (Å²) in [5.74, 6) is 1.07. The van der Waals surface area contributed by atoms with Crippen LogP contribution in [-0.2, 0) is 10.8 Å². The molecule has 1 amide bonds. The number of thiazole rings is 1. The fourth-order valence-electron chi connectivity index (χ4n) is 1.58. The summed E-state index contributed by atoms with van der Waals surface area (Å²) in [5.41, 5.74) is 5.79. The molecule has 6 nitrogen and oxygen atoms in total. The molecule has 1 aromatic heterocycles. The third-order valence-electron chi connectivity index (χ3n) is 2.67. The average Bonchev–Trinajstić information content (AvgIpc) is 2.81. The minimum Gasteiger partial charge on any atom is -0.382 e. The zero-order valence-corrected chi connectivity index (χ0v) is 13.8. The van der Waals surface area contributed by atoms with Crippen molar-refractivity contribution in [2.24, 2.45) is 0 Å². The Morgan fingerprint density at radius 3 is 2.80 bits per heavy atom. The number of rotatable bonds is 8. The van der Waals surface area contributed by atoms with Gasteiger partial charge in [-0.05, 0) is 6.42 Å². The van der Waals surface area contributed by atoms with Gasteiger partial charge < -0.3 is 16.0 Å². The van der Waals surface area contributed by atoms with Crippen LogP contribution in [0.25, 0.3) is 0 Å². The van der Waals surface area contributed by atoms with E-state index in [1.54, 1.807) is 0 Å². The van der Waals surface area contributed by atoms with E-state index in [1.165, 1.54) is 11.3 Å². The molecule has 3 N–H and O–H groups in total. The highest BCUT2D eigenvalue weighted by atomic mass is 32.2. The summed E-state index contributed by atoms with van der Waals surface area (Å²) in [6.07, 6.45) is 1.00. The van der Waals surface area contributed by atoms with Gasteiger partial charge in [0, 0.05) is 42.4 Å². The lowest BCUT2D eigenvalue weighted by Gasteiger charge is -2.13. The molecule has 1 heterocycles. The fourth-order valence-corrected chi connectivity index (χ4v) is 3.09. The molecule has 0 saturated carbocycles. The smallest absolute Gasteiger partial charge is 0.265 e. The monoisotopic (exact) mass is 318 g/mol. The van der Waals surface area contributed by atoms with Gasteiger partial charge in [0.15, 0.2) is 5.13 Å². The molecule has 20 heavy (non-hydrogen) atoms. The van der Waals surface area contributed by atoms with Crippen molar-refractivity contribution in [3.8, 4) is 0 Å². The molecule has 0 aliphatic carbocycles. The highest BCUT2D eigenvalue weighted by molar-refractivity contribution is 7.84. The van der Waals surface area contributed by atoms with Crippen LogP contribution in [0.1, 0.15) is 29.9 Å². The molecule has 0 aromatic carbocycles. The molecule has 0 bridgehead atoms. The van der Waals surface area contributed by atoms with Crippen molar-refractivity contribution in [3.05, 3.63) is 4.88 Å². The number of carbonyl (C=O) groups is 1. The number of nitrogens with one attached hydrogen (secondary N) is 1. The Balaban J connectivity index is 2.62. The largest absolute Gasteiger partial charge is 0.382 e. The van der Waals surface area contributed by atoms with E-state index in [4.69, 9.17) is 5.73 Å². The van der Waals surface area contributed by atoms with E-state index in [-0.39, 0.29) is 11.7 Å². The average molecular weight is 318 g/mol. The zero-order chi connectivity index (χ0) is 15.1. The molecule has 0 aliphatic heterocycles. The van der Waals surface area contributed by atoms with Gasteiger partial charge in [0.1, 0.15) is 10.7 Å². The van der Waals surface area contributed by atoms with Crippen LogP contribution in [0, 0.1) is 0 Å². The second kappa shape index (κ2) is 8.21. The zero-order valence-electron chi connectivity index (χ0n) is 12.1. The van der Waals surface area contributed by atoms with Crippen LogP contribution in [0.4, 0.5) is 10.9 Å². The molecule has 0 saturated heterocycles. The first kappa shape index (κ1) is 16.9. The summed E-state index contributed by atoms with van der Waals surface area (Å²) in [5, 5.41) is 3.47. The maximum Gasteiger partial charge on any atom is 0.265 e. The highest BCUT2D eigenvalue weighted by Gasteiger charge is 2.17. The van der Waals surface area contributed by atoms with E-state index in [0.717, 1.165) is 18.1 Å². The van der Waals surface area contributed by atoms with Crippen molar-refractivity contribution in [1.29, 1.82) is 0 Å². The van der Waals surface area contributed by atoms with Crippen LogP contribution in [-0.4, -0.2) is 46.7 Å². The van der Waals surface area contributed by atoms with Gasteiger partial charge in [0.05, 0.1) is 0 Å². The first-order chi connectivity index (χ1) is 9.49. The van der Waals surface area contributed by atoms with Crippen molar-refractivity contribution in [2.75, 3.05) is 42.3 Å². The number of carbonyl (C=O) groups excluding carboxylic acids is 1. The number of hydrogen-bond acceptors (Lipinski definition) is 6. The number of aromatic nitrogens is 1. The molecule has 8 heteroatoms. The maximum atomic E-state index is 12.0. The minimum atomic E-state index is -0.876. The van der Waals surface area contributed by atoms with Crippen molar-refractivity contribution in [1.82, 2.24) is 10.3 Å². The van der Waals surface area contributed by atoms with E-state index in [9.17, 15) is 9.00 Å². The van der Waals surface area contributed by atoms with Crippen LogP contribution in [0.5, 0.6) is 0 Å². The standard InChI is InChI=1S/C12H22N4O2S2/c1-4-7-16(3)12-15-10(13)9(19-12)11(17)14-6-8-20(18)5-2/h4-8,13H2,1-3H3,(H,14,17). The summed E-state index contributed by atoms with van der Waals surface area (Å²) >= 11 is 1.28. The second-order valence-corrected chi connectivity index (χ2v) is 7.16. The molecule has 1 aromatic rings. The predicted molar refractivity (Wildman–Crippen MR) is 86.0 cm³/mol. The molecule has 0 aliphatic rings. The van der Waals surface area contributed by atoms with E-state index < -0.39 is 10.8 Å². The van der Waals surface area contributed by atoms with Gasteiger partial charge in [0.25, 0.3) is 5.91 Å². The van der Waals surface area contributed by atoms with E-state index in [0.29, 0.717) is 22.9 Å². The van der Waals surface area contributed by atoms with Crippen molar-refractivity contribution in [3.63, 3.8) is 0 Å². The van der Waals surface area contributed by atoms with Crippen LogP contribution < -0.4 is 16.0 Å². The van der Waals surface area contributed by atoms with Crippen molar-refractivity contribution >= 4 is 39.0 Å². The Bertz CT molecular complexity index is 476. The maximum absolute atomic E-state index is 12.0. The molecular weight excluding hydrogens is 296 g/mol. The van der Waals surface area contributed by atoms with Gasteiger partial charge in [-0.3, -0.25) is 9.00 Å². The normalized spacial score (nSPS) is 12.2. The minimum absolute atomic E-state index is 0.246. The van der Waals surface area contributed by atoms with Crippen molar-refractivity contribution in [2.45, 2.75) is 20.3 Å². The van der Waals surface area contributed by atoms with E-state index in [1.807, 2.05) is 18.9 Å². The van der Waals surface area contributed by atoms with Crippen LogP contribution in [0.3, 0.4) is 0 Å². The van der Waals surface area contributed by atoms with Gasteiger partial charge in [0.2, 0.25) is 0 Å². The number of nitrogen functional groups attached to an aromatic ring is 1. The van der Waals surface area contributed by atoms with Gasteiger partial charge >= 0.3 is 0 Å². The number of anilines is 2. The third-order valence-corrected chi connectivity index (χ3v) is 5.16. The molecule has 1 rings (SSSR count). The Morgan fingerprint density at radius 1 is 1.50 bits per heavy atom. The fraction of sp³-hybridized carbons (Fsp3) is 0.667. The van der Waals surface area contributed by atoms with E-state index >= 15 is 0 Å². The number of nitrogens with zero attached hydrogens (tertiary/aromatic N) is 2. The lowest BCUT2D eigenvalue weighted by atomic mass is 10.4. The van der Waals surface area contributed by atoms with Gasteiger partial charge in [-0.15, -0.1) is 0 Å². The second-order valence-electron chi connectivity index (χ2n) is 4.32. The molecule has 114 valence electrons. The number of amides is 1. The van der Waals surface area contributed by atoms with Crippen LogP contribution in [0.2, 0.25) is 0 Å². The lowest BCUT2D eigenvalue weighted by Crippen LogP contribution is -2.27. The van der Waals surface area contributed by atoms with Crippen LogP contribution >= 0.6 is 11.3 Å². The first-order valence-corrected chi connectivity index (χ1v) is 8.90. The predicted octanol–water partition coefficient (Wildman–Crippen LogP) is 1.07. The summed E-state index contributed by atoms with van der Waals surface area (Å²) < 4.78 is 11.3. The molecule has 0 radical (unpaired) electrons. The van der Waals surface area contributed by atoms with Gasteiger partial charge in [-0.25, -0.2) is 4.98 Å². The van der Waals surface area contributed by atoms with E-state index in [2.05, 4.69) is 17.2 Å². The number of hydrogen-bond donors (Lipinski definition) is 2. The lowest BCUT2D eigenvalue weighted by molar-refractivity contribution is 0.0961. The van der Waals surface area contributed by atoms with Crippen LogP contribution in [0.15, 0.2) is 0 Å². The Morgan fingerprint density at radius 2 is 2.20 bits per heavy atom. The quantitative estimate of drug-likeness (QED) is 0.748. The summed E-state index contributed by atoms with van der Waals surface area (Å²) in [6, 6.07) is 0. The Labute approximate surface area is 126 Å². The SMILES string of the molecule is CCCN(C)c1nc(N)c(C(=O)NCCS(=O)CC)s1.